The van der Waals surface area contributed by atoms with Gasteiger partial charge >= 0.3 is 0 Å². The Labute approximate surface area is 109 Å². The van der Waals surface area contributed by atoms with Crippen molar-refractivity contribution in [3.63, 3.8) is 0 Å². The van der Waals surface area contributed by atoms with Crippen molar-refractivity contribution in [3.8, 4) is 0 Å². The lowest BCUT2D eigenvalue weighted by atomic mass is 10.1. The van der Waals surface area contributed by atoms with E-state index in [0.717, 1.165) is 38.9 Å². The smallest absolute Gasteiger partial charge is 0.224 e. The van der Waals surface area contributed by atoms with Gasteiger partial charge in [-0.3, -0.25) is 4.79 Å². The molecule has 0 aliphatic carbocycles. The second-order valence-corrected chi connectivity index (χ2v) is 4.78. The minimum Gasteiger partial charge on any atom is -0.363 e. The maximum absolute atomic E-state index is 11.8. The number of thiocarbonyl (C=S) groups is 1. The maximum Gasteiger partial charge on any atom is 0.224 e. The number of amides is 1. The van der Waals surface area contributed by atoms with Gasteiger partial charge in [0.1, 0.15) is 0 Å². The predicted octanol–water partition coefficient (Wildman–Crippen LogP) is 1.26. The van der Waals surface area contributed by atoms with Gasteiger partial charge in [-0.1, -0.05) is 6.92 Å². The Kier molecular flexibility index (Phi) is 6.93. The molecule has 1 aliphatic rings. The minimum atomic E-state index is 0.246. The molecule has 1 heterocycles. The van der Waals surface area contributed by atoms with Crippen LogP contribution in [-0.4, -0.2) is 42.1 Å². The van der Waals surface area contributed by atoms with E-state index in [1.54, 1.807) is 0 Å². The number of nitrogens with one attached hydrogen (secondary N) is 2. The van der Waals surface area contributed by atoms with Crippen LogP contribution in [0.3, 0.4) is 0 Å². The quantitative estimate of drug-likeness (QED) is 0.728. The van der Waals surface area contributed by atoms with Crippen LogP contribution in [0.5, 0.6) is 0 Å². The third-order valence-electron chi connectivity index (χ3n) is 2.87. The molecule has 2 N–H and O–H groups in total. The van der Waals surface area contributed by atoms with Gasteiger partial charge in [-0.25, -0.2) is 0 Å². The number of carbonyl (C=O) groups excluding carboxylic acids is 1. The van der Waals surface area contributed by atoms with Crippen LogP contribution in [0.2, 0.25) is 0 Å². The molecule has 1 fully saturated rings. The summed E-state index contributed by atoms with van der Waals surface area (Å²) in [5.74, 6) is 0.246. The van der Waals surface area contributed by atoms with E-state index in [4.69, 9.17) is 12.2 Å². The molecule has 0 aromatic carbocycles. The van der Waals surface area contributed by atoms with E-state index in [1.165, 1.54) is 6.42 Å². The monoisotopic (exact) mass is 257 g/mol. The average molecular weight is 257 g/mol. The number of hydrogen-bond acceptors (Lipinski definition) is 2. The van der Waals surface area contributed by atoms with Crippen LogP contribution >= 0.6 is 12.2 Å². The molecule has 0 spiro atoms. The second-order valence-electron chi connectivity index (χ2n) is 4.37. The molecule has 0 radical (unpaired) electrons. The fourth-order valence-electron chi connectivity index (χ4n) is 1.89. The summed E-state index contributed by atoms with van der Waals surface area (Å²) < 4.78 is 0. The lowest BCUT2D eigenvalue weighted by Gasteiger charge is -2.26. The van der Waals surface area contributed by atoms with E-state index in [1.807, 2.05) is 4.90 Å². The summed E-state index contributed by atoms with van der Waals surface area (Å²) in [6.45, 7) is 5.46. The Hall–Kier alpha value is -0.840. The van der Waals surface area contributed by atoms with Crippen molar-refractivity contribution in [2.75, 3.05) is 26.2 Å². The fourth-order valence-corrected chi connectivity index (χ4v) is 2.09. The highest BCUT2D eigenvalue weighted by molar-refractivity contribution is 7.80. The number of nitrogens with zero attached hydrogens (tertiary/aromatic N) is 1. The third kappa shape index (κ3) is 5.86. The molecule has 1 saturated heterocycles. The topological polar surface area (TPSA) is 44.4 Å². The van der Waals surface area contributed by atoms with E-state index in [2.05, 4.69) is 17.6 Å². The molecular weight excluding hydrogens is 234 g/mol. The summed E-state index contributed by atoms with van der Waals surface area (Å²) in [7, 11) is 0. The van der Waals surface area contributed by atoms with Crippen molar-refractivity contribution in [1.82, 2.24) is 15.5 Å². The lowest BCUT2D eigenvalue weighted by Crippen LogP contribution is -2.40. The highest BCUT2D eigenvalue weighted by Crippen LogP contribution is 2.09. The second kappa shape index (κ2) is 8.28. The van der Waals surface area contributed by atoms with Crippen LogP contribution in [0.4, 0.5) is 0 Å². The van der Waals surface area contributed by atoms with Gasteiger partial charge in [-0.15, -0.1) is 0 Å². The van der Waals surface area contributed by atoms with Crippen molar-refractivity contribution < 1.29 is 4.79 Å². The van der Waals surface area contributed by atoms with Crippen molar-refractivity contribution in [1.29, 1.82) is 0 Å². The van der Waals surface area contributed by atoms with E-state index in [-0.39, 0.29) is 5.91 Å². The number of hydrogen-bond donors (Lipinski definition) is 2. The van der Waals surface area contributed by atoms with E-state index < -0.39 is 0 Å². The van der Waals surface area contributed by atoms with Gasteiger partial charge in [0, 0.05) is 32.6 Å². The number of carbonyl (C=O) groups is 1. The molecule has 0 aromatic heterocycles. The zero-order valence-electron chi connectivity index (χ0n) is 10.6. The molecule has 0 atom stereocenters. The molecule has 98 valence electrons. The minimum absolute atomic E-state index is 0.246. The largest absolute Gasteiger partial charge is 0.363 e. The van der Waals surface area contributed by atoms with Crippen LogP contribution in [0.25, 0.3) is 0 Å². The van der Waals surface area contributed by atoms with Gasteiger partial charge in [0.25, 0.3) is 0 Å². The molecule has 0 unspecified atom stereocenters. The Morgan fingerprint density at radius 1 is 1.18 bits per heavy atom. The SMILES string of the molecule is CCCNC(=S)NCCC(=O)N1CCCCC1. The highest BCUT2D eigenvalue weighted by Gasteiger charge is 2.15. The number of likely N-dealkylation sites (tertiary alicyclic amines) is 1. The number of piperidine rings is 1. The molecule has 17 heavy (non-hydrogen) atoms. The van der Waals surface area contributed by atoms with Crippen LogP contribution < -0.4 is 10.6 Å². The molecule has 1 aliphatic heterocycles. The first-order chi connectivity index (χ1) is 8.24. The molecule has 0 bridgehead atoms. The molecule has 1 amide bonds. The number of rotatable bonds is 5. The van der Waals surface area contributed by atoms with Crippen LogP contribution in [0.15, 0.2) is 0 Å². The third-order valence-corrected chi connectivity index (χ3v) is 3.16. The predicted molar refractivity (Wildman–Crippen MR) is 73.9 cm³/mol. The van der Waals surface area contributed by atoms with E-state index >= 15 is 0 Å². The van der Waals surface area contributed by atoms with Crippen LogP contribution in [-0.2, 0) is 4.79 Å². The van der Waals surface area contributed by atoms with Gasteiger partial charge in [-0.2, -0.15) is 0 Å². The summed E-state index contributed by atoms with van der Waals surface area (Å²) in [6, 6.07) is 0. The molecule has 4 nitrogen and oxygen atoms in total. The first kappa shape index (κ1) is 14.2. The summed E-state index contributed by atoms with van der Waals surface area (Å²) in [4.78, 5) is 13.8. The van der Waals surface area contributed by atoms with Gasteiger partial charge in [0.15, 0.2) is 5.11 Å². The maximum atomic E-state index is 11.8. The van der Waals surface area contributed by atoms with Crippen LogP contribution in [0.1, 0.15) is 39.0 Å². The van der Waals surface area contributed by atoms with Gasteiger partial charge in [-0.05, 0) is 37.9 Å². The Bertz CT molecular complexity index is 252. The fraction of sp³-hybridized carbons (Fsp3) is 0.833. The average Bonchev–Trinajstić information content (AvgIpc) is 2.37. The molecule has 0 aromatic rings. The standard InChI is InChI=1S/C12H23N3OS/c1-2-7-13-12(17)14-8-6-11(16)15-9-4-3-5-10-15/h2-10H2,1H3,(H2,13,14,17). The van der Waals surface area contributed by atoms with Gasteiger partial charge in [0.05, 0.1) is 0 Å². The van der Waals surface area contributed by atoms with Crippen LogP contribution in [0, 0.1) is 0 Å². The van der Waals surface area contributed by atoms with E-state index in [9.17, 15) is 4.79 Å². The van der Waals surface area contributed by atoms with E-state index in [0.29, 0.717) is 18.1 Å². The lowest BCUT2D eigenvalue weighted by molar-refractivity contribution is -0.131. The van der Waals surface area contributed by atoms with Crippen molar-refractivity contribution in [2.24, 2.45) is 0 Å². The summed E-state index contributed by atoms with van der Waals surface area (Å²) >= 11 is 5.08. The molecule has 1 rings (SSSR count). The first-order valence-corrected chi connectivity index (χ1v) is 6.94. The van der Waals surface area contributed by atoms with Crippen molar-refractivity contribution in [2.45, 2.75) is 39.0 Å². The Morgan fingerprint density at radius 2 is 1.82 bits per heavy atom. The van der Waals surface area contributed by atoms with Crippen molar-refractivity contribution >= 4 is 23.2 Å². The molecular formula is C12H23N3OS. The summed E-state index contributed by atoms with van der Waals surface area (Å²) in [6.07, 6.45) is 5.14. The summed E-state index contributed by atoms with van der Waals surface area (Å²) in [5.41, 5.74) is 0. The van der Waals surface area contributed by atoms with Crippen molar-refractivity contribution in [3.05, 3.63) is 0 Å². The zero-order valence-corrected chi connectivity index (χ0v) is 11.4. The first-order valence-electron chi connectivity index (χ1n) is 6.53. The van der Waals surface area contributed by atoms with Gasteiger partial charge < -0.3 is 15.5 Å². The molecule has 0 saturated carbocycles. The normalized spacial score (nSPS) is 15.5. The highest BCUT2D eigenvalue weighted by atomic mass is 32.1. The summed E-state index contributed by atoms with van der Waals surface area (Å²) in [5, 5.41) is 6.79. The Morgan fingerprint density at radius 3 is 2.47 bits per heavy atom. The zero-order chi connectivity index (χ0) is 12.5. The van der Waals surface area contributed by atoms with Gasteiger partial charge in [0.2, 0.25) is 5.91 Å². The molecule has 5 heteroatoms. The Balaban J connectivity index is 2.08.